The Morgan fingerprint density at radius 1 is 1.27 bits per heavy atom. The van der Waals surface area contributed by atoms with Crippen molar-refractivity contribution in [2.24, 2.45) is 5.92 Å². The first-order chi connectivity index (χ1) is 10.3. The largest absolute Gasteiger partial charge is 0.274 e. The molecule has 1 fully saturated rings. The molecule has 1 aliphatic heterocycles. The average molecular weight is 297 g/mol. The lowest BCUT2D eigenvalue weighted by Crippen LogP contribution is -2.30. The first-order valence-electron chi connectivity index (χ1n) is 8.01. The molecule has 0 aliphatic carbocycles. The minimum Gasteiger partial charge on any atom is -0.274 e. The Bertz CT molecular complexity index is 559. The summed E-state index contributed by atoms with van der Waals surface area (Å²) in [6, 6.07) is 7.62. The topological polar surface area (TPSA) is 37.4 Å². The van der Waals surface area contributed by atoms with Gasteiger partial charge in [0.05, 0.1) is 13.5 Å². The van der Waals surface area contributed by atoms with E-state index in [2.05, 4.69) is 6.92 Å². The maximum atomic E-state index is 12.4. The van der Waals surface area contributed by atoms with E-state index in [0.29, 0.717) is 12.1 Å². The lowest BCUT2D eigenvalue weighted by Gasteiger charge is -2.28. The summed E-state index contributed by atoms with van der Waals surface area (Å²) in [5, 5.41) is -0.312. The summed E-state index contributed by atoms with van der Waals surface area (Å²) in [4.78, 5) is 25.8. The zero-order valence-corrected chi connectivity index (χ0v) is 13.9. The first-order valence-corrected chi connectivity index (χ1v) is 8.01. The van der Waals surface area contributed by atoms with Crippen LogP contribution in [0.4, 0.5) is 5.69 Å². The maximum absolute atomic E-state index is 12.4. The summed E-state index contributed by atoms with van der Waals surface area (Å²) in [7, 11) is 6.15. The fraction of sp³-hybridized carbons (Fsp3) is 0.556. The van der Waals surface area contributed by atoms with E-state index in [0.717, 1.165) is 18.4 Å². The molecule has 1 aromatic rings. The number of hydrogen-bond acceptors (Lipinski definition) is 2. The summed E-state index contributed by atoms with van der Waals surface area (Å²) in [5.74, 6) is -0.117. The highest BCUT2D eigenvalue weighted by Crippen LogP contribution is 2.39. The van der Waals surface area contributed by atoms with Gasteiger partial charge in [-0.15, -0.1) is 0 Å². The van der Waals surface area contributed by atoms with Crippen LogP contribution in [0.3, 0.4) is 0 Å². The number of carbonyl (C=O) groups is 2. The number of amides is 2. The standard InChI is InChI=1S/C18H24BNO2/c1-5-6-14-11-16(21)20(17(14)22)15-9-7-13(8-10-15)12(2)18(3,4)19/h7-10,12,14H,5-6,11H2,1-4H3. The number of anilines is 1. The molecule has 0 spiro atoms. The average Bonchev–Trinajstić information content (AvgIpc) is 2.72. The molecule has 1 saturated heterocycles. The van der Waals surface area contributed by atoms with Crippen LogP contribution in [0.25, 0.3) is 0 Å². The van der Waals surface area contributed by atoms with E-state index in [-0.39, 0.29) is 29.0 Å². The molecule has 0 bridgehead atoms. The van der Waals surface area contributed by atoms with Crippen LogP contribution in [-0.2, 0) is 9.59 Å². The second kappa shape index (κ2) is 6.27. The number of hydrogen-bond donors (Lipinski definition) is 0. The van der Waals surface area contributed by atoms with Crippen molar-refractivity contribution in [2.75, 3.05) is 4.90 Å². The normalized spacial score (nSPS) is 20.5. The van der Waals surface area contributed by atoms with Crippen LogP contribution in [0.1, 0.15) is 58.4 Å². The van der Waals surface area contributed by atoms with Gasteiger partial charge in [-0.3, -0.25) is 14.5 Å². The van der Waals surface area contributed by atoms with Crippen molar-refractivity contribution in [1.29, 1.82) is 0 Å². The zero-order valence-electron chi connectivity index (χ0n) is 13.9. The Hall–Kier alpha value is -1.58. The van der Waals surface area contributed by atoms with Crippen LogP contribution in [-0.4, -0.2) is 19.7 Å². The summed E-state index contributed by atoms with van der Waals surface area (Å²) < 4.78 is 0. The Morgan fingerprint density at radius 2 is 1.86 bits per heavy atom. The van der Waals surface area contributed by atoms with Crippen LogP contribution in [0.5, 0.6) is 0 Å². The first kappa shape index (κ1) is 16.8. The second-order valence-corrected chi connectivity index (χ2v) is 6.89. The molecule has 1 aromatic carbocycles. The number of rotatable bonds is 5. The zero-order chi connectivity index (χ0) is 16.5. The van der Waals surface area contributed by atoms with E-state index in [1.807, 2.05) is 45.0 Å². The van der Waals surface area contributed by atoms with E-state index in [1.165, 1.54) is 4.90 Å². The van der Waals surface area contributed by atoms with Gasteiger partial charge in [-0.1, -0.05) is 51.6 Å². The highest BCUT2D eigenvalue weighted by Gasteiger charge is 2.38. The summed E-state index contributed by atoms with van der Waals surface area (Å²) >= 11 is 0. The Labute approximate surface area is 134 Å². The van der Waals surface area contributed by atoms with Crippen molar-refractivity contribution >= 4 is 25.3 Å². The highest BCUT2D eigenvalue weighted by molar-refractivity contribution is 6.20. The number of imide groups is 1. The van der Waals surface area contributed by atoms with Crippen molar-refractivity contribution in [3.05, 3.63) is 29.8 Å². The smallest absolute Gasteiger partial charge is 0.237 e. The molecular weight excluding hydrogens is 273 g/mol. The highest BCUT2D eigenvalue weighted by atomic mass is 16.2. The second-order valence-electron chi connectivity index (χ2n) is 6.89. The van der Waals surface area contributed by atoms with Gasteiger partial charge in [-0.2, -0.15) is 0 Å². The van der Waals surface area contributed by atoms with Gasteiger partial charge in [0, 0.05) is 12.3 Å². The van der Waals surface area contributed by atoms with E-state index in [1.54, 1.807) is 0 Å². The van der Waals surface area contributed by atoms with Crippen LogP contribution < -0.4 is 4.90 Å². The molecular formula is C18H24BNO2. The Morgan fingerprint density at radius 3 is 2.36 bits per heavy atom. The van der Waals surface area contributed by atoms with Crippen molar-refractivity contribution in [1.82, 2.24) is 0 Å². The Balaban J connectivity index is 2.21. The van der Waals surface area contributed by atoms with Gasteiger partial charge >= 0.3 is 0 Å². The summed E-state index contributed by atoms with van der Waals surface area (Å²) in [6.07, 6.45) is 2.03. The van der Waals surface area contributed by atoms with Gasteiger partial charge in [0.15, 0.2) is 0 Å². The van der Waals surface area contributed by atoms with Crippen LogP contribution >= 0.6 is 0 Å². The van der Waals surface area contributed by atoms with Crippen molar-refractivity contribution in [3.8, 4) is 0 Å². The predicted molar refractivity (Wildman–Crippen MR) is 90.2 cm³/mol. The van der Waals surface area contributed by atoms with Gasteiger partial charge in [0.25, 0.3) is 0 Å². The van der Waals surface area contributed by atoms with E-state index >= 15 is 0 Å². The van der Waals surface area contributed by atoms with Crippen LogP contribution in [0, 0.1) is 5.92 Å². The number of carbonyl (C=O) groups excluding carboxylic acids is 2. The molecule has 2 radical (unpaired) electrons. The molecule has 2 amide bonds. The number of nitrogens with zero attached hydrogens (tertiary/aromatic N) is 1. The van der Waals surface area contributed by atoms with Crippen molar-refractivity contribution in [3.63, 3.8) is 0 Å². The van der Waals surface area contributed by atoms with Gasteiger partial charge in [0.1, 0.15) is 0 Å². The number of benzene rings is 1. The minimum absolute atomic E-state index is 0.0631. The van der Waals surface area contributed by atoms with Gasteiger partial charge in [-0.05, 0) is 30.0 Å². The molecule has 0 N–H and O–H groups in total. The lowest BCUT2D eigenvalue weighted by atomic mass is 9.62. The predicted octanol–water partition coefficient (Wildman–Crippen LogP) is 3.84. The fourth-order valence-corrected chi connectivity index (χ4v) is 2.88. The van der Waals surface area contributed by atoms with Crippen LogP contribution in [0.15, 0.2) is 24.3 Å². The molecule has 2 unspecified atom stereocenters. The van der Waals surface area contributed by atoms with Gasteiger partial charge < -0.3 is 0 Å². The molecule has 2 rings (SSSR count). The molecule has 1 aliphatic rings. The van der Waals surface area contributed by atoms with E-state index in [4.69, 9.17) is 7.85 Å². The van der Waals surface area contributed by atoms with Crippen molar-refractivity contribution in [2.45, 2.75) is 58.2 Å². The molecule has 0 aromatic heterocycles. The quantitative estimate of drug-likeness (QED) is 0.611. The molecule has 0 saturated carbocycles. The van der Waals surface area contributed by atoms with Crippen LogP contribution in [0.2, 0.25) is 5.31 Å². The SMILES string of the molecule is [B]C(C)(C)C(C)c1ccc(N2C(=O)CC(CCC)C2=O)cc1. The molecule has 4 heteroatoms. The molecule has 116 valence electrons. The maximum Gasteiger partial charge on any atom is 0.237 e. The Kier molecular flexibility index (Phi) is 4.79. The minimum atomic E-state index is -0.312. The monoisotopic (exact) mass is 297 g/mol. The lowest BCUT2D eigenvalue weighted by molar-refractivity contribution is -0.122. The molecule has 2 atom stereocenters. The molecule has 22 heavy (non-hydrogen) atoms. The molecule has 1 heterocycles. The summed E-state index contributed by atoms with van der Waals surface area (Å²) in [6.45, 7) is 8.10. The van der Waals surface area contributed by atoms with Gasteiger partial charge in [0.2, 0.25) is 11.8 Å². The summed E-state index contributed by atoms with van der Waals surface area (Å²) in [5.41, 5.74) is 1.78. The van der Waals surface area contributed by atoms with E-state index < -0.39 is 0 Å². The fourth-order valence-electron chi connectivity index (χ4n) is 2.88. The van der Waals surface area contributed by atoms with Crippen molar-refractivity contribution < 1.29 is 9.59 Å². The third-order valence-electron chi connectivity index (χ3n) is 4.64. The van der Waals surface area contributed by atoms with Gasteiger partial charge in [-0.25, -0.2) is 0 Å². The third-order valence-corrected chi connectivity index (χ3v) is 4.64. The molecule has 3 nitrogen and oxygen atoms in total. The van der Waals surface area contributed by atoms with E-state index in [9.17, 15) is 9.59 Å². The third kappa shape index (κ3) is 3.26.